The molecule has 0 bridgehead atoms. The molecular formula is C17H22F3NO5S. The quantitative estimate of drug-likeness (QED) is 0.777. The Kier molecular flexibility index (Phi) is 5.09. The fourth-order valence-corrected chi connectivity index (χ4v) is 5.18. The van der Waals surface area contributed by atoms with E-state index in [4.69, 9.17) is 4.74 Å². The molecule has 2 heterocycles. The van der Waals surface area contributed by atoms with E-state index < -0.39 is 44.0 Å². The van der Waals surface area contributed by atoms with Crippen LogP contribution in [0.25, 0.3) is 0 Å². The van der Waals surface area contributed by atoms with E-state index in [1.165, 1.54) is 6.92 Å². The minimum Gasteiger partial charge on any atom is -0.388 e. The predicted molar refractivity (Wildman–Crippen MR) is 89.4 cm³/mol. The Morgan fingerprint density at radius 1 is 1.26 bits per heavy atom. The zero-order valence-corrected chi connectivity index (χ0v) is 15.6. The van der Waals surface area contributed by atoms with E-state index in [0.717, 1.165) is 22.5 Å². The molecule has 0 amide bonds. The van der Waals surface area contributed by atoms with Gasteiger partial charge in [0.2, 0.25) is 10.0 Å². The monoisotopic (exact) mass is 409 g/mol. The lowest BCUT2D eigenvalue weighted by Crippen LogP contribution is -2.59. The van der Waals surface area contributed by atoms with Crippen LogP contribution in [-0.2, 0) is 20.9 Å². The maximum atomic E-state index is 12.9. The molecule has 2 saturated heterocycles. The van der Waals surface area contributed by atoms with Crippen LogP contribution in [0.5, 0.6) is 0 Å². The average Bonchev–Trinajstić information content (AvgIpc) is 2.58. The van der Waals surface area contributed by atoms with E-state index in [2.05, 4.69) is 0 Å². The van der Waals surface area contributed by atoms with Crippen molar-refractivity contribution in [2.45, 2.75) is 54.6 Å². The van der Waals surface area contributed by atoms with Gasteiger partial charge in [0, 0.05) is 19.5 Å². The summed E-state index contributed by atoms with van der Waals surface area (Å²) >= 11 is 0. The highest BCUT2D eigenvalue weighted by Gasteiger charge is 2.49. The number of aliphatic hydroxyl groups is 2. The molecule has 2 atom stereocenters. The van der Waals surface area contributed by atoms with Gasteiger partial charge in [-0.1, -0.05) is 6.07 Å². The summed E-state index contributed by atoms with van der Waals surface area (Å²) in [5.41, 5.74) is -3.10. The van der Waals surface area contributed by atoms with Crippen molar-refractivity contribution in [1.82, 2.24) is 4.31 Å². The van der Waals surface area contributed by atoms with E-state index in [9.17, 15) is 31.8 Å². The zero-order chi connectivity index (χ0) is 20.1. The number of ether oxygens (including phenoxy) is 1. The van der Waals surface area contributed by atoms with Crippen molar-refractivity contribution in [3.63, 3.8) is 0 Å². The Balaban J connectivity index is 1.76. The van der Waals surface area contributed by atoms with E-state index in [0.29, 0.717) is 6.07 Å². The summed E-state index contributed by atoms with van der Waals surface area (Å²) in [5.74, 6) is 0. The van der Waals surface area contributed by atoms with Gasteiger partial charge < -0.3 is 14.9 Å². The van der Waals surface area contributed by atoms with Crippen LogP contribution in [0.1, 0.15) is 31.7 Å². The molecule has 2 fully saturated rings. The van der Waals surface area contributed by atoms with Crippen molar-refractivity contribution in [3.8, 4) is 0 Å². The molecule has 3 rings (SSSR count). The van der Waals surface area contributed by atoms with Gasteiger partial charge in [-0.05, 0) is 38.0 Å². The van der Waals surface area contributed by atoms with Crippen LogP contribution in [0.15, 0.2) is 29.2 Å². The molecule has 27 heavy (non-hydrogen) atoms. The van der Waals surface area contributed by atoms with Crippen LogP contribution >= 0.6 is 0 Å². The Morgan fingerprint density at radius 3 is 2.44 bits per heavy atom. The molecule has 0 aromatic heterocycles. The molecule has 2 N–H and O–H groups in total. The number of rotatable bonds is 2. The number of hydrogen-bond acceptors (Lipinski definition) is 5. The number of sulfonamides is 1. The Morgan fingerprint density at radius 2 is 1.89 bits per heavy atom. The molecule has 0 saturated carbocycles. The lowest BCUT2D eigenvalue weighted by atomic mass is 9.77. The van der Waals surface area contributed by atoms with Crippen LogP contribution < -0.4 is 0 Å². The number of hydrogen-bond donors (Lipinski definition) is 2. The number of aliphatic hydroxyl groups excluding tert-OH is 1. The van der Waals surface area contributed by atoms with Gasteiger partial charge in [-0.15, -0.1) is 0 Å². The topological polar surface area (TPSA) is 87.1 Å². The zero-order valence-electron chi connectivity index (χ0n) is 14.7. The maximum Gasteiger partial charge on any atom is 0.416 e. The lowest BCUT2D eigenvalue weighted by Gasteiger charge is -2.49. The highest BCUT2D eigenvalue weighted by atomic mass is 32.2. The second-order valence-corrected chi connectivity index (χ2v) is 9.41. The molecule has 1 spiro atoms. The number of piperidine rings is 1. The Bertz CT molecular complexity index is 801. The van der Waals surface area contributed by atoms with E-state index in [1.807, 2.05) is 0 Å². The first-order valence-electron chi connectivity index (χ1n) is 8.58. The number of nitrogens with zero attached hydrogens (tertiary/aromatic N) is 1. The third-order valence-corrected chi connectivity index (χ3v) is 7.27. The molecule has 1 aromatic rings. The summed E-state index contributed by atoms with van der Waals surface area (Å²) in [6, 6.07) is 3.68. The van der Waals surface area contributed by atoms with Crippen molar-refractivity contribution in [1.29, 1.82) is 0 Å². The second kappa shape index (κ2) is 6.70. The van der Waals surface area contributed by atoms with E-state index >= 15 is 0 Å². The molecule has 0 unspecified atom stereocenters. The summed E-state index contributed by atoms with van der Waals surface area (Å²) in [7, 11) is -4.07. The van der Waals surface area contributed by atoms with Crippen molar-refractivity contribution < 1.29 is 36.5 Å². The van der Waals surface area contributed by atoms with Crippen LogP contribution in [0.3, 0.4) is 0 Å². The first kappa shape index (κ1) is 20.5. The average molecular weight is 409 g/mol. The fraction of sp³-hybridized carbons (Fsp3) is 0.647. The van der Waals surface area contributed by atoms with Crippen molar-refractivity contribution in [2.24, 2.45) is 0 Å². The Labute approximate surface area is 155 Å². The van der Waals surface area contributed by atoms with Gasteiger partial charge in [-0.3, -0.25) is 0 Å². The van der Waals surface area contributed by atoms with Gasteiger partial charge in [0.25, 0.3) is 0 Å². The SMILES string of the molecule is C[C@]1(O)CC2(CCN(S(=O)(=O)c3cccc(C(F)(F)F)c3)CC2)OC[C@@H]1O. The predicted octanol–water partition coefficient (Wildman–Crippen LogP) is 1.76. The van der Waals surface area contributed by atoms with Gasteiger partial charge in [-0.2, -0.15) is 17.5 Å². The first-order valence-corrected chi connectivity index (χ1v) is 10.0. The van der Waals surface area contributed by atoms with Crippen LogP contribution in [-0.4, -0.2) is 59.9 Å². The molecule has 2 aliphatic rings. The summed E-state index contributed by atoms with van der Waals surface area (Å²) in [6.07, 6.45) is -4.91. The smallest absolute Gasteiger partial charge is 0.388 e. The van der Waals surface area contributed by atoms with Crippen LogP contribution in [0.4, 0.5) is 13.2 Å². The maximum absolute atomic E-state index is 12.9. The largest absolute Gasteiger partial charge is 0.416 e. The van der Waals surface area contributed by atoms with Crippen molar-refractivity contribution in [3.05, 3.63) is 29.8 Å². The number of benzene rings is 1. The molecule has 152 valence electrons. The standard InChI is InChI=1S/C17H22F3NO5S/c1-15(23)11-16(26-10-14(15)22)5-7-21(8-6-16)27(24,25)13-4-2-3-12(9-13)17(18,19)20/h2-4,9,14,22-23H,5-8,10-11H2,1H3/t14-,15-/m0/s1. The number of alkyl halides is 3. The number of halogens is 3. The minimum absolute atomic E-state index is 0.0482. The van der Waals surface area contributed by atoms with Gasteiger partial charge in [0.15, 0.2) is 0 Å². The second-order valence-electron chi connectivity index (χ2n) is 7.47. The fourth-order valence-electron chi connectivity index (χ4n) is 3.69. The normalized spacial score (nSPS) is 29.8. The van der Waals surface area contributed by atoms with Gasteiger partial charge in [0.1, 0.15) is 6.10 Å². The highest BCUT2D eigenvalue weighted by Crippen LogP contribution is 2.40. The highest BCUT2D eigenvalue weighted by molar-refractivity contribution is 7.89. The Hall–Kier alpha value is -1.20. The van der Waals surface area contributed by atoms with Crippen LogP contribution in [0.2, 0.25) is 0 Å². The van der Waals surface area contributed by atoms with Gasteiger partial charge >= 0.3 is 6.18 Å². The summed E-state index contributed by atoms with van der Waals surface area (Å²) < 4.78 is 70.9. The molecule has 6 nitrogen and oxygen atoms in total. The van der Waals surface area contributed by atoms with Gasteiger partial charge in [-0.25, -0.2) is 8.42 Å². The molecular weight excluding hydrogens is 387 g/mol. The lowest BCUT2D eigenvalue weighted by molar-refractivity contribution is -0.220. The van der Waals surface area contributed by atoms with Crippen molar-refractivity contribution >= 4 is 10.0 Å². The summed E-state index contributed by atoms with van der Waals surface area (Å²) in [4.78, 5) is -0.403. The summed E-state index contributed by atoms with van der Waals surface area (Å²) in [6.45, 7) is 1.58. The first-order chi connectivity index (χ1) is 12.4. The van der Waals surface area contributed by atoms with E-state index in [1.54, 1.807) is 0 Å². The molecule has 10 heteroatoms. The van der Waals surface area contributed by atoms with Gasteiger partial charge in [0.05, 0.1) is 28.3 Å². The molecule has 0 aliphatic carbocycles. The van der Waals surface area contributed by atoms with E-state index in [-0.39, 0.29) is 39.0 Å². The minimum atomic E-state index is -4.63. The molecule has 1 aromatic carbocycles. The third kappa shape index (κ3) is 4.00. The van der Waals surface area contributed by atoms with Crippen LogP contribution in [0, 0.1) is 0 Å². The molecule has 2 aliphatic heterocycles. The third-order valence-electron chi connectivity index (χ3n) is 5.38. The molecule has 0 radical (unpaired) electrons. The van der Waals surface area contributed by atoms with Crippen molar-refractivity contribution in [2.75, 3.05) is 19.7 Å². The summed E-state index contributed by atoms with van der Waals surface area (Å²) in [5, 5.41) is 20.1.